The molecule has 0 amide bonds. The Balaban J connectivity index is 2.29. The molecule has 1 N–H and O–H groups in total. The Kier molecular flexibility index (Phi) is 3.47. The standard InChI is InChI=1S/C17H14O5/c1-20-11-8-6-10(7-9-11)16-15(19)14(18)12-4-3-5-13(21-2)17(12)22-16/h3-9,19H,1-2H3. The van der Waals surface area contributed by atoms with Crippen molar-refractivity contribution in [2.45, 2.75) is 0 Å². The van der Waals surface area contributed by atoms with E-state index in [0.717, 1.165) is 0 Å². The van der Waals surface area contributed by atoms with Crippen molar-refractivity contribution in [3.05, 3.63) is 52.7 Å². The van der Waals surface area contributed by atoms with E-state index in [1.54, 1.807) is 49.6 Å². The molecule has 22 heavy (non-hydrogen) atoms. The number of methoxy groups -OCH3 is 2. The molecule has 112 valence electrons. The van der Waals surface area contributed by atoms with E-state index in [-0.39, 0.29) is 11.1 Å². The lowest BCUT2D eigenvalue weighted by atomic mass is 10.1. The summed E-state index contributed by atoms with van der Waals surface area (Å²) >= 11 is 0. The van der Waals surface area contributed by atoms with E-state index in [2.05, 4.69) is 0 Å². The Hall–Kier alpha value is -2.95. The molecule has 0 saturated heterocycles. The summed E-state index contributed by atoms with van der Waals surface area (Å²) < 4.78 is 16.0. The first-order chi connectivity index (χ1) is 10.7. The minimum Gasteiger partial charge on any atom is -0.502 e. The van der Waals surface area contributed by atoms with Crippen LogP contribution in [0.1, 0.15) is 0 Å². The topological polar surface area (TPSA) is 68.9 Å². The van der Waals surface area contributed by atoms with Gasteiger partial charge in [0, 0.05) is 5.56 Å². The van der Waals surface area contributed by atoms with Gasteiger partial charge in [0.2, 0.25) is 11.2 Å². The number of para-hydroxylation sites is 1. The summed E-state index contributed by atoms with van der Waals surface area (Å²) in [6, 6.07) is 11.8. The molecule has 0 aliphatic carbocycles. The Morgan fingerprint density at radius 3 is 2.36 bits per heavy atom. The van der Waals surface area contributed by atoms with Crippen molar-refractivity contribution in [1.29, 1.82) is 0 Å². The highest BCUT2D eigenvalue weighted by atomic mass is 16.5. The van der Waals surface area contributed by atoms with Crippen LogP contribution in [0.2, 0.25) is 0 Å². The molecule has 1 aromatic heterocycles. The van der Waals surface area contributed by atoms with E-state index in [0.29, 0.717) is 22.6 Å². The molecule has 5 heteroatoms. The van der Waals surface area contributed by atoms with Crippen LogP contribution in [0.3, 0.4) is 0 Å². The van der Waals surface area contributed by atoms with Crippen molar-refractivity contribution >= 4 is 11.0 Å². The van der Waals surface area contributed by atoms with Crippen molar-refractivity contribution in [2.75, 3.05) is 14.2 Å². The van der Waals surface area contributed by atoms with Gasteiger partial charge in [-0.3, -0.25) is 4.79 Å². The molecule has 3 aromatic rings. The van der Waals surface area contributed by atoms with Crippen molar-refractivity contribution < 1.29 is 19.0 Å². The molecule has 5 nitrogen and oxygen atoms in total. The number of aromatic hydroxyl groups is 1. The minimum atomic E-state index is -0.494. The summed E-state index contributed by atoms with van der Waals surface area (Å²) in [4.78, 5) is 12.3. The van der Waals surface area contributed by atoms with Gasteiger partial charge >= 0.3 is 0 Å². The van der Waals surface area contributed by atoms with E-state index in [9.17, 15) is 9.90 Å². The lowest BCUT2D eigenvalue weighted by molar-refractivity contribution is 0.405. The average Bonchev–Trinajstić information content (AvgIpc) is 2.57. The summed E-state index contributed by atoms with van der Waals surface area (Å²) in [6.07, 6.45) is 0. The number of ether oxygens (including phenoxy) is 2. The van der Waals surface area contributed by atoms with Crippen molar-refractivity contribution in [2.24, 2.45) is 0 Å². The van der Waals surface area contributed by atoms with Gasteiger partial charge in [0.1, 0.15) is 5.75 Å². The third-order valence-electron chi connectivity index (χ3n) is 3.43. The van der Waals surface area contributed by atoms with Gasteiger partial charge in [-0.1, -0.05) is 6.07 Å². The quantitative estimate of drug-likeness (QED) is 0.804. The first-order valence-corrected chi connectivity index (χ1v) is 6.63. The lowest BCUT2D eigenvalue weighted by Gasteiger charge is -2.09. The molecule has 0 unspecified atom stereocenters. The predicted molar refractivity (Wildman–Crippen MR) is 82.7 cm³/mol. The fourth-order valence-corrected chi connectivity index (χ4v) is 2.28. The molecule has 1 heterocycles. The molecular weight excluding hydrogens is 284 g/mol. The number of rotatable bonds is 3. The summed E-state index contributed by atoms with van der Waals surface area (Å²) in [7, 11) is 3.06. The monoisotopic (exact) mass is 298 g/mol. The molecule has 0 radical (unpaired) electrons. The highest BCUT2D eigenvalue weighted by Gasteiger charge is 2.17. The lowest BCUT2D eigenvalue weighted by Crippen LogP contribution is -2.03. The first-order valence-electron chi connectivity index (χ1n) is 6.63. The maximum absolute atomic E-state index is 12.3. The highest BCUT2D eigenvalue weighted by molar-refractivity contribution is 5.86. The molecule has 0 aliphatic rings. The maximum Gasteiger partial charge on any atom is 0.235 e. The van der Waals surface area contributed by atoms with Crippen LogP contribution in [0.5, 0.6) is 17.2 Å². The molecule has 0 fully saturated rings. The molecule has 3 rings (SSSR count). The fraction of sp³-hybridized carbons (Fsp3) is 0.118. The second kappa shape index (κ2) is 5.44. The van der Waals surface area contributed by atoms with Crippen LogP contribution in [0, 0.1) is 0 Å². The average molecular weight is 298 g/mol. The number of fused-ring (bicyclic) bond motifs is 1. The van der Waals surface area contributed by atoms with Crippen LogP contribution >= 0.6 is 0 Å². The Bertz CT molecular complexity index is 878. The summed E-state index contributed by atoms with van der Waals surface area (Å²) in [6.45, 7) is 0. The van der Waals surface area contributed by atoms with Gasteiger partial charge in [-0.05, 0) is 36.4 Å². The van der Waals surface area contributed by atoms with Crippen molar-refractivity contribution in [1.82, 2.24) is 0 Å². The SMILES string of the molecule is COc1ccc(-c2oc3c(OC)cccc3c(=O)c2O)cc1. The minimum absolute atomic E-state index is 0.102. The largest absolute Gasteiger partial charge is 0.502 e. The normalized spacial score (nSPS) is 10.6. The van der Waals surface area contributed by atoms with Gasteiger partial charge < -0.3 is 19.0 Å². The Labute approximate surface area is 126 Å². The van der Waals surface area contributed by atoms with E-state index in [4.69, 9.17) is 13.9 Å². The van der Waals surface area contributed by atoms with Gasteiger partial charge in [0.15, 0.2) is 17.1 Å². The Morgan fingerprint density at radius 1 is 1.00 bits per heavy atom. The maximum atomic E-state index is 12.3. The van der Waals surface area contributed by atoms with E-state index >= 15 is 0 Å². The van der Waals surface area contributed by atoms with Gasteiger partial charge in [0.05, 0.1) is 19.6 Å². The second-order valence-corrected chi connectivity index (χ2v) is 4.67. The summed E-state index contributed by atoms with van der Waals surface area (Å²) in [5.74, 6) is 0.781. The van der Waals surface area contributed by atoms with Crippen molar-refractivity contribution in [3.8, 4) is 28.6 Å². The molecule has 0 atom stereocenters. The van der Waals surface area contributed by atoms with Gasteiger partial charge in [-0.25, -0.2) is 0 Å². The molecule has 2 aromatic carbocycles. The molecule has 0 bridgehead atoms. The molecule has 0 spiro atoms. The molecular formula is C17H14O5. The number of hydrogen-bond acceptors (Lipinski definition) is 5. The zero-order valence-corrected chi connectivity index (χ0v) is 12.1. The summed E-state index contributed by atoms with van der Waals surface area (Å²) in [5, 5.41) is 10.4. The smallest absolute Gasteiger partial charge is 0.235 e. The highest BCUT2D eigenvalue weighted by Crippen LogP contribution is 2.34. The predicted octanol–water partition coefficient (Wildman–Crippen LogP) is 3.18. The second-order valence-electron chi connectivity index (χ2n) is 4.67. The number of hydrogen-bond donors (Lipinski definition) is 1. The zero-order chi connectivity index (χ0) is 15.7. The van der Waals surface area contributed by atoms with Crippen LogP contribution in [0.15, 0.2) is 51.7 Å². The van der Waals surface area contributed by atoms with E-state index < -0.39 is 11.2 Å². The first kappa shape index (κ1) is 14.0. The van der Waals surface area contributed by atoms with Gasteiger partial charge in [0.25, 0.3) is 0 Å². The van der Waals surface area contributed by atoms with Crippen molar-refractivity contribution in [3.63, 3.8) is 0 Å². The van der Waals surface area contributed by atoms with Crippen LogP contribution in [-0.2, 0) is 0 Å². The van der Waals surface area contributed by atoms with Gasteiger partial charge in [-0.2, -0.15) is 0 Å². The molecule has 0 saturated carbocycles. The fourth-order valence-electron chi connectivity index (χ4n) is 2.28. The van der Waals surface area contributed by atoms with Crippen LogP contribution in [0.25, 0.3) is 22.3 Å². The van der Waals surface area contributed by atoms with Crippen LogP contribution < -0.4 is 14.9 Å². The third kappa shape index (κ3) is 2.16. The number of benzene rings is 2. The molecule has 0 aliphatic heterocycles. The zero-order valence-electron chi connectivity index (χ0n) is 12.1. The van der Waals surface area contributed by atoms with Gasteiger partial charge in [-0.15, -0.1) is 0 Å². The Morgan fingerprint density at radius 2 is 1.73 bits per heavy atom. The van der Waals surface area contributed by atoms with Crippen LogP contribution in [-0.4, -0.2) is 19.3 Å². The van der Waals surface area contributed by atoms with E-state index in [1.165, 1.54) is 7.11 Å². The summed E-state index contributed by atoms with van der Waals surface area (Å²) in [5.41, 5.74) is 0.382. The van der Waals surface area contributed by atoms with Crippen LogP contribution in [0.4, 0.5) is 0 Å². The third-order valence-corrected chi connectivity index (χ3v) is 3.43. The van der Waals surface area contributed by atoms with E-state index in [1.807, 2.05) is 0 Å².